The molecule has 2 rings (SSSR count). The van der Waals surface area contributed by atoms with Gasteiger partial charge in [0.25, 0.3) is 0 Å². The summed E-state index contributed by atoms with van der Waals surface area (Å²) in [5.74, 6) is -3.37. The zero-order chi connectivity index (χ0) is 32.6. The van der Waals surface area contributed by atoms with Crippen LogP contribution in [0.4, 0.5) is 13.2 Å². The Hall–Kier alpha value is -2.38. The highest BCUT2D eigenvalue weighted by molar-refractivity contribution is 6.76. The smallest absolute Gasteiger partial charge is 0.395 e. The predicted molar refractivity (Wildman–Crippen MR) is 161 cm³/mol. The van der Waals surface area contributed by atoms with Crippen molar-refractivity contribution in [2.24, 2.45) is 11.8 Å². The highest BCUT2D eigenvalue weighted by Gasteiger charge is 2.44. The van der Waals surface area contributed by atoms with Crippen LogP contribution in [0.25, 0.3) is 6.08 Å². The van der Waals surface area contributed by atoms with Crippen molar-refractivity contribution in [1.82, 2.24) is 0 Å². The van der Waals surface area contributed by atoms with Crippen molar-refractivity contribution in [3.8, 4) is 11.5 Å². The second-order valence-corrected chi connectivity index (χ2v) is 18.2. The monoisotopic (exact) mass is 632 g/mol. The number of aliphatic hydroxyl groups excluding tert-OH is 1. The lowest BCUT2D eigenvalue weighted by Crippen LogP contribution is -2.34. The predicted octanol–water partition coefficient (Wildman–Crippen LogP) is 6.85. The van der Waals surface area contributed by atoms with E-state index in [9.17, 15) is 23.1 Å². The minimum absolute atomic E-state index is 0.104. The number of rotatable bonds is 15. The minimum atomic E-state index is -4.44. The van der Waals surface area contributed by atoms with Gasteiger partial charge in [-0.15, -0.1) is 0 Å². The summed E-state index contributed by atoms with van der Waals surface area (Å²) in [6.45, 7) is 13.0. The van der Waals surface area contributed by atoms with Gasteiger partial charge in [0.2, 0.25) is 0 Å². The summed E-state index contributed by atoms with van der Waals surface area (Å²) in [6.07, 6.45) is -1.63. The molecule has 12 heteroatoms. The molecule has 0 spiro atoms. The van der Waals surface area contributed by atoms with Crippen molar-refractivity contribution in [2.75, 3.05) is 27.6 Å². The number of halogens is 3. The summed E-state index contributed by atoms with van der Waals surface area (Å²) < 4.78 is 73.9. The van der Waals surface area contributed by atoms with Gasteiger partial charge >= 0.3 is 12.1 Å². The quantitative estimate of drug-likeness (QED) is 0.0972. The summed E-state index contributed by atoms with van der Waals surface area (Å²) in [5.41, 5.74) is 0.656. The molecule has 1 aliphatic rings. The van der Waals surface area contributed by atoms with E-state index in [4.69, 9.17) is 28.4 Å². The molecule has 0 radical (unpaired) electrons. The van der Waals surface area contributed by atoms with Crippen LogP contribution in [0.1, 0.15) is 50.0 Å². The van der Waals surface area contributed by atoms with Crippen LogP contribution in [0.2, 0.25) is 25.7 Å². The van der Waals surface area contributed by atoms with Gasteiger partial charge in [-0.1, -0.05) is 57.8 Å². The molecule has 244 valence electrons. The number of carbonyl (C=O) groups excluding carboxylic acids is 1. The Morgan fingerprint density at radius 1 is 1.14 bits per heavy atom. The molecular formula is C31H47F3O8Si. The molecule has 1 aliphatic heterocycles. The van der Waals surface area contributed by atoms with Crippen LogP contribution in [0, 0.1) is 11.8 Å². The van der Waals surface area contributed by atoms with Gasteiger partial charge in [-0.2, -0.15) is 13.2 Å². The van der Waals surface area contributed by atoms with E-state index < -0.39 is 56.2 Å². The molecular weight excluding hydrogens is 585 g/mol. The number of aliphatic hydroxyl groups is 1. The van der Waals surface area contributed by atoms with Gasteiger partial charge in [-0.25, -0.2) is 4.79 Å². The molecule has 1 saturated heterocycles. The van der Waals surface area contributed by atoms with Gasteiger partial charge in [0.15, 0.2) is 12.6 Å². The molecule has 1 aromatic carbocycles. The van der Waals surface area contributed by atoms with Gasteiger partial charge in [0, 0.05) is 21.3 Å². The first-order valence-corrected chi connectivity index (χ1v) is 18.1. The highest BCUT2D eigenvalue weighted by atomic mass is 28.3. The lowest BCUT2D eigenvalue weighted by Gasteiger charge is -2.23. The molecule has 1 fully saturated rings. The number of carbonyl (C=O) groups is 1. The number of esters is 1. The molecule has 1 heterocycles. The maximum Gasteiger partial charge on any atom is 0.395 e. The van der Waals surface area contributed by atoms with Gasteiger partial charge in [-0.3, -0.25) is 0 Å². The Labute approximate surface area is 254 Å². The van der Waals surface area contributed by atoms with Crippen molar-refractivity contribution in [3.63, 3.8) is 0 Å². The number of benzene rings is 1. The summed E-state index contributed by atoms with van der Waals surface area (Å²) in [5, 5.41) is 10.8. The Morgan fingerprint density at radius 2 is 1.81 bits per heavy atom. The molecule has 8 nitrogen and oxygen atoms in total. The zero-order valence-corrected chi connectivity index (χ0v) is 27.6. The van der Waals surface area contributed by atoms with Crippen LogP contribution < -0.4 is 9.47 Å². The van der Waals surface area contributed by atoms with Crippen LogP contribution in [0.5, 0.6) is 11.5 Å². The molecule has 0 amide bonds. The second kappa shape index (κ2) is 15.6. The molecule has 43 heavy (non-hydrogen) atoms. The second-order valence-electron chi connectivity index (χ2n) is 12.6. The zero-order valence-electron chi connectivity index (χ0n) is 26.6. The van der Waals surface area contributed by atoms with Crippen LogP contribution in [-0.4, -0.2) is 77.0 Å². The van der Waals surface area contributed by atoms with E-state index in [1.54, 1.807) is 38.1 Å². The van der Waals surface area contributed by atoms with Gasteiger partial charge in [-0.05, 0) is 43.9 Å². The van der Waals surface area contributed by atoms with Crippen molar-refractivity contribution < 1.29 is 51.5 Å². The number of alkyl halides is 3. The van der Waals surface area contributed by atoms with Crippen molar-refractivity contribution in [3.05, 3.63) is 41.5 Å². The van der Waals surface area contributed by atoms with Crippen molar-refractivity contribution >= 4 is 20.1 Å². The van der Waals surface area contributed by atoms with E-state index in [-0.39, 0.29) is 31.1 Å². The fourth-order valence-corrected chi connectivity index (χ4v) is 5.27. The Morgan fingerprint density at radius 3 is 2.37 bits per heavy atom. The molecule has 0 aliphatic carbocycles. The molecule has 0 saturated carbocycles. The lowest BCUT2D eigenvalue weighted by molar-refractivity contribution is -0.171. The molecule has 0 bridgehead atoms. The standard InChI is InChI=1S/C31H47F3O8Si/c1-20(2)23(31(32,33)34)13-14-24(35)28-25(41-30(3,4)42-28)12-10-11-21-17-22(38-6)18-26(40-19-37-5)27(21)29(36)39-15-16-43(7,8)9/h10-11,13-14,17-18,20,23-25,28,35H,12,15-16,19H2,1-9H3/b11-10+,14-13-/t23?,24?,25-,28?/m0/s1. The number of hydrogen-bond donors (Lipinski definition) is 1. The third-order valence-corrected chi connectivity index (χ3v) is 8.50. The first-order chi connectivity index (χ1) is 19.9. The van der Waals surface area contributed by atoms with Gasteiger partial charge in [0.1, 0.15) is 29.3 Å². The van der Waals surface area contributed by atoms with Crippen LogP contribution >= 0.6 is 0 Å². The molecule has 0 aromatic heterocycles. The van der Waals surface area contributed by atoms with E-state index >= 15 is 0 Å². The number of allylic oxidation sites excluding steroid dienone is 1. The van der Waals surface area contributed by atoms with Crippen LogP contribution in [0.3, 0.4) is 0 Å². The normalized spacial score (nSPS) is 20.6. The van der Waals surface area contributed by atoms with Crippen molar-refractivity contribution in [1.29, 1.82) is 0 Å². The third kappa shape index (κ3) is 11.6. The SMILES string of the molecule is COCOc1cc(OC)cc(/C=C/C[C@@H]2OC(C)(C)OC2C(O)/C=C\C(C(C)C)C(F)(F)F)c1C(=O)OCC[Si](C)(C)C. The Bertz CT molecular complexity index is 1110. The Balaban J connectivity index is 2.34. The fourth-order valence-electron chi connectivity index (χ4n) is 4.55. The lowest BCUT2D eigenvalue weighted by atomic mass is 9.93. The highest BCUT2D eigenvalue weighted by Crippen LogP contribution is 2.36. The first-order valence-electron chi connectivity index (χ1n) is 14.3. The molecule has 1 N–H and O–H groups in total. The molecule has 3 unspecified atom stereocenters. The van der Waals surface area contributed by atoms with Crippen LogP contribution in [-0.2, 0) is 18.9 Å². The van der Waals surface area contributed by atoms with Crippen LogP contribution in [0.15, 0.2) is 30.4 Å². The molecule has 1 aromatic rings. The maximum absolute atomic E-state index is 13.4. The fraction of sp³-hybridized carbons (Fsp3) is 0.645. The summed E-state index contributed by atoms with van der Waals surface area (Å²) >= 11 is 0. The first kappa shape index (κ1) is 36.8. The maximum atomic E-state index is 13.4. The van der Waals surface area contributed by atoms with E-state index in [1.165, 1.54) is 28.1 Å². The molecule has 4 atom stereocenters. The van der Waals surface area contributed by atoms with E-state index in [2.05, 4.69) is 19.6 Å². The third-order valence-electron chi connectivity index (χ3n) is 6.80. The van der Waals surface area contributed by atoms with E-state index in [0.29, 0.717) is 11.3 Å². The number of methoxy groups -OCH3 is 2. The van der Waals surface area contributed by atoms with Gasteiger partial charge < -0.3 is 33.5 Å². The van der Waals surface area contributed by atoms with Gasteiger partial charge in [0.05, 0.1) is 25.7 Å². The number of hydrogen-bond acceptors (Lipinski definition) is 8. The topological polar surface area (TPSA) is 92.7 Å². The summed E-state index contributed by atoms with van der Waals surface area (Å²) in [6, 6.07) is 4.04. The Kier molecular flexibility index (Phi) is 13.3. The number of ether oxygens (including phenoxy) is 6. The minimum Gasteiger partial charge on any atom is -0.497 e. The average Bonchev–Trinajstić information content (AvgIpc) is 3.19. The largest absolute Gasteiger partial charge is 0.497 e. The van der Waals surface area contributed by atoms with E-state index in [1.807, 2.05) is 0 Å². The summed E-state index contributed by atoms with van der Waals surface area (Å²) in [7, 11) is 1.50. The average molecular weight is 633 g/mol. The van der Waals surface area contributed by atoms with Crippen molar-refractivity contribution in [2.45, 2.75) is 90.1 Å². The summed E-state index contributed by atoms with van der Waals surface area (Å²) in [4.78, 5) is 13.3. The van der Waals surface area contributed by atoms with E-state index in [0.717, 1.165) is 18.2 Å².